The third-order valence-corrected chi connectivity index (χ3v) is 5.29. The monoisotopic (exact) mass is 419 g/mol. The van der Waals surface area contributed by atoms with E-state index in [0.717, 1.165) is 60.9 Å². The second-order valence-electron chi connectivity index (χ2n) is 7.60. The molecule has 3 aromatic carbocycles. The fraction of sp³-hybridized carbons (Fsp3) is 0.333. The number of nitrogens with zero attached hydrogens (tertiary/aromatic N) is 1. The lowest BCUT2D eigenvalue weighted by atomic mass is 10.1. The molecule has 0 spiro atoms. The van der Waals surface area contributed by atoms with Crippen molar-refractivity contribution in [1.29, 1.82) is 0 Å². The molecule has 164 valence electrons. The second kappa shape index (κ2) is 12.0. The van der Waals surface area contributed by atoms with Crippen molar-refractivity contribution in [3.05, 3.63) is 89.5 Å². The predicted molar refractivity (Wildman–Crippen MR) is 126 cm³/mol. The molecular weight excluding hydrogens is 386 g/mol. The number of benzene rings is 3. The number of methoxy groups -OCH3 is 2. The van der Waals surface area contributed by atoms with Crippen LogP contribution in [-0.4, -0.2) is 32.2 Å². The molecule has 4 nitrogen and oxygen atoms in total. The van der Waals surface area contributed by atoms with E-state index in [-0.39, 0.29) is 0 Å². The van der Waals surface area contributed by atoms with Gasteiger partial charge in [0.25, 0.3) is 0 Å². The molecule has 0 aliphatic rings. The highest BCUT2D eigenvalue weighted by Gasteiger charge is 2.14. The Hall–Kier alpha value is -2.98. The molecular formula is C27H33NO3. The van der Waals surface area contributed by atoms with Gasteiger partial charge in [-0.25, -0.2) is 0 Å². The van der Waals surface area contributed by atoms with Gasteiger partial charge in [-0.15, -0.1) is 0 Å². The lowest BCUT2D eigenvalue weighted by Crippen LogP contribution is -2.27. The van der Waals surface area contributed by atoms with Crippen LogP contribution in [0.5, 0.6) is 17.2 Å². The van der Waals surface area contributed by atoms with Crippen LogP contribution < -0.4 is 14.2 Å². The van der Waals surface area contributed by atoms with Crippen LogP contribution in [0.4, 0.5) is 0 Å². The third kappa shape index (κ3) is 6.76. The smallest absolute Gasteiger partial charge is 0.166 e. The highest BCUT2D eigenvalue weighted by molar-refractivity contribution is 5.46. The highest BCUT2D eigenvalue weighted by atomic mass is 16.5. The van der Waals surface area contributed by atoms with E-state index >= 15 is 0 Å². The number of rotatable bonds is 12. The molecule has 0 unspecified atom stereocenters. The van der Waals surface area contributed by atoms with Crippen molar-refractivity contribution in [2.45, 2.75) is 32.9 Å². The standard InChI is InChI=1S/C27H33NO3/c1-4-17-28(18-16-22-12-8-14-25(19-22)29-2)20-24-13-9-15-26(30-3)27(24)31-21-23-10-6-5-7-11-23/h5-15,19H,4,16-18,20-21H2,1-3H3. The highest BCUT2D eigenvalue weighted by Crippen LogP contribution is 2.33. The molecule has 0 aliphatic carbocycles. The summed E-state index contributed by atoms with van der Waals surface area (Å²) in [6.07, 6.45) is 2.07. The maximum Gasteiger partial charge on any atom is 0.166 e. The van der Waals surface area contributed by atoms with E-state index in [2.05, 4.69) is 48.2 Å². The Kier molecular flexibility index (Phi) is 8.80. The van der Waals surface area contributed by atoms with Crippen LogP contribution in [0.2, 0.25) is 0 Å². The maximum absolute atomic E-state index is 6.25. The van der Waals surface area contributed by atoms with Crippen molar-refractivity contribution in [2.24, 2.45) is 0 Å². The summed E-state index contributed by atoms with van der Waals surface area (Å²) in [5, 5.41) is 0. The van der Waals surface area contributed by atoms with Gasteiger partial charge in [0.05, 0.1) is 14.2 Å². The Bertz CT molecular complexity index is 927. The first-order chi connectivity index (χ1) is 15.2. The zero-order valence-electron chi connectivity index (χ0n) is 18.8. The predicted octanol–water partition coefficient (Wildman–Crippen LogP) is 5.74. The quantitative estimate of drug-likeness (QED) is 0.375. The van der Waals surface area contributed by atoms with Gasteiger partial charge in [-0.05, 0) is 48.7 Å². The van der Waals surface area contributed by atoms with Gasteiger partial charge in [-0.2, -0.15) is 0 Å². The first-order valence-corrected chi connectivity index (χ1v) is 10.9. The molecule has 0 bridgehead atoms. The topological polar surface area (TPSA) is 30.9 Å². The Balaban J connectivity index is 1.72. The molecule has 0 aromatic heterocycles. The van der Waals surface area contributed by atoms with E-state index in [9.17, 15) is 0 Å². The van der Waals surface area contributed by atoms with Gasteiger partial charge in [0, 0.05) is 18.7 Å². The van der Waals surface area contributed by atoms with E-state index < -0.39 is 0 Å². The van der Waals surface area contributed by atoms with Crippen LogP contribution in [-0.2, 0) is 19.6 Å². The fourth-order valence-corrected chi connectivity index (χ4v) is 3.68. The van der Waals surface area contributed by atoms with E-state index in [1.165, 1.54) is 5.56 Å². The minimum Gasteiger partial charge on any atom is -0.497 e. The van der Waals surface area contributed by atoms with Crippen molar-refractivity contribution < 1.29 is 14.2 Å². The molecule has 0 aliphatic heterocycles. The Labute approximate surface area is 186 Å². The molecule has 0 saturated carbocycles. The summed E-state index contributed by atoms with van der Waals surface area (Å²) in [4.78, 5) is 2.48. The van der Waals surface area contributed by atoms with Crippen LogP contribution >= 0.6 is 0 Å². The van der Waals surface area contributed by atoms with Crippen LogP contribution in [0.3, 0.4) is 0 Å². The molecule has 0 fully saturated rings. The molecule has 0 radical (unpaired) electrons. The second-order valence-corrected chi connectivity index (χ2v) is 7.60. The summed E-state index contributed by atoms with van der Waals surface area (Å²) in [7, 11) is 3.41. The number of hydrogen-bond acceptors (Lipinski definition) is 4. The van der Waals surface area contributed by atoms with Gasteiger partial charge >= 0.3 is 0 Å². The van der Waals surface area contributed by atoms with Gasteiger partial charge in [-0.1, -0.05) is 61.5 Å². The lowest BCUT2D eigenvalue weighted by molar-refractivity contribution is 0.249. The molecule has 3 rings (SSSR count). The minimum absolute atomic E-state index is 0.520. The summed E-state index contributed by atoms with van der Waals surface area (Å²) in [5.74, 6) is 2.51. The van der Waals surface area contributed by atoms with Crippen molar-refractivity contribution in [3.63, 3.8) is 0 Å². The number of hydrogen-bond donors (Lipinski definition) is 0. The fourth-order valence-electron chi connectivity index (χ4n) is 3.68. The lowest BCUT2D eigenvalue weighted by Gasteiger charge is -2.24. The number of para-hydroxylation sites is 1. The average Bonchev–Trinajstić information content (AvgIpc) is 2.82. The zero-order chi connectivity index (χ0) is 21.9. The first-order valence-electron chi connectivity index (χ1n) is 10.9. The summed E-state index contributed by atoms with van der Waals surface area (Å²) in [6, 6.07) is 24.7. The third-order valence-electron chi connectivity index (χ3n) is 5.29. The van der Waals surface area contributed by atoms with Gasteiger partial charge < -0.3 is 14.2 Å². The van der Waals surface area contributed by atoms with Crippen LogP contribution in [0, 0.1) is 0 Å². The summed E-state index contributed by atoms with van der Waals surface area (Å²) in [6.45, 7) is 5.55. The Morgan fingerprint density at radius 3 is 2.29 bits per heavy atom. The molecule has 31 heavy (non-hydrogen) atoms. The Morgan fingerprint density at radius 1 is 0.774 bits per heavy atom. The van der Waals surface area contributed by atoms with Gasteiger partial charge in [0.15, 0.2) is 11.5 Å². The van der Waals surface area contributed by atoms with Gasteiger partial charge in [0.2, 0.25) is 0 Å². The maximum atomic E-state index is 6.25. The van der Waals surface area contributed by atoms with E-state index in [1.54, 1.807) is 14.2 Å². The van der Waals surface area contributed by atoms with Crippen molar-refractivity contribution in [2.75, 3.05) is 27.3 Å². The van der Waals surface area contributed by atoms with Crippen LogP contribution in [0.1, 0.15) is 30.0 Å². The van der Waals surface area contributed by atoms with Crippen LogP contribution in [0.15, 0.2) is 72.8 Å². The van der Waals surface area contributed by atoms with Crippen molar-refractivity contribution in [1.82, 2.24) is 4.90 Å². The molecule has 0 amide bonds. The largest absolute Gasteiger partial charge is 0.497 e. The Morgan fingerprint density at radius 2 is 1.55 bits per heavy atom. The van der Waals surface area contributed by atoms with E-state index in [0.29, 0.717) is 6.61 Å². The summed E-state index contributed by atoms with van der Waals surface area (Å²) in [5.41, 5.74) is 3.57. The molecule has 0 heterocycles. The zero-order valence-corrected chi connectivity index (χ0v) is 18.8. The molecule has 3 aromatic rings. The molecule has 0 atom stereocenters. The number of ether oxygens (including phenoxy) is 3. The normalized spacial score (nSPS) is 10.8. The van der Waals surface area contributed by atoms with Gasteiger partial charge in [-0.3, -0.25) is 4.90 Å². The first kappa shape index (κ1) is 22.7. The SMILES string of the molecule is CCCN(CCc1cccc(OC)c1)Cc1cccc(OC)c1OCc1ccccc1. The minimum atomic E-state index is 0.520. The average molecular weight is 420 g/mol. The molecule has 4 heteroatoms. The molecule has 0 saturated heterocycles. The molecule has 0 N–H and O–H groups in total. The van der Waals surface area contributed by atoms with E-state index in [4.69, 9.17) is 14.2 Å². The summed E-state index contributed by atoms with van der Waals surface area (Å²) < 4.78 is 17.2. The van der Waals surface area contributed by atoms with Gasteiger partial charge in [0.1, 0.15) is 12.4 Å². The van der Waals surface area contributed by atoms with Crippen molar-refractivity contribution >= 4 is 0 Å². The summed E-state index contributed by atoms with van der Waals surface area (Å²) >= 11 is 0. The van der Waals surface area contributed by atoms with Crippen LogP contribution in [0.25, 0.3) is 0 Å². The van der Waals surface area contributed by atoms with E-state index in [1.807, 2.05) is 36.4 Å². The van der Waals surface area contributed by atoms with Crippen molar-refractivity contribution in [3.8, 4) is 17.2 Å².